The van der Waals surface area contributed by atoms with Gasteiger partial charge in [0.05, 0.1) is 24.0 Å². The van der Waals surface area contributed by atoms with Crippen LogP contribution < -0.4 is 5.73 Å². The molecule has 4 nitrogen and oxygen atoms in total. The van der Waals surface area contributed by atoms with Gasteiger partial charge in [-0.15, -0.1) is 11.3 Å². The summed E-state index contributed by atoms with van der Waals surface area (Å²) < 4.78 is 0. The van der Waals surface area contributed by atoms with Crippen molar-refractivity contribution in [1.29, 1.82) is 0 Å². The largest absolute Gasteiger partial charge is 0.397 e. The number of amides is 1. The van der Waals surface area contributed by atoms with Crippen molar-refractivity contribution in [1.82, 2.24) is 9.88 Å². The van der Waals surface area contributed by atoms with Crippen LogP contribution in [0.1, 0.15) is 28.1 Å². The van der Waals surface area contributed by atoms with Gasteiger partial charge in [-0.1, -0.05) is 17.7 Å². The van der Waals surface area contributed by atoms with E-state index < -0.39 is 0 Å². The lowest BCUT2D eigenvalue weighted by molar-refractivity contribution is 0.0732. The minimum Gasteiger partial charge on any atom is -0.397 e. The topological polar surface area (TPSA) is 59.2 Å². The molecule has 6 heteroatoms. The van der Waals surface area contributed by atoms with Crippen LogP contribution in [0.25, 0.3) is 0 Å². The highest BCUT2D eigenvalue weighted by Gasteiger charge is 2.34. The van der Waals surface area contributed by atoms with Crippen molar-refractivity contribution in [3.8, 4) is 0 Å². The minimum absolute atomic E-state index is 0.0669. The van der Waals surface area contributed by atoms with Crippen molar-refractivity contribution in [2.24, 2.45) is 0 Å². The molecular weight excluding hydrogens is 294 g/mol. The summed E-state index contributed by atoms with van der Waals surface area (Å²) in [5, 5.41) is 2.30. The first-order chi connectivity index (χ1) is 9.65. The van der Waals surface area contributed by atoms with Gasteiger partial charge in [-0.25, -0.2) is 4.98 Å². The highest BCUT2D eigenvalue weighted by atomic mass is 35.5. The molecule has 0 radical (unpaired) electrons. The summed E-state index contributed by atoms with van der Waals surface area (Å²) in [6.07, 6.45) is 3.54. The van der Waals surface area contributed by atoms with Crippen LogP contribution in [0.3, 0.4) is 0 Å². The molecule has 104 valence electrons. The van der Waals surface area contributed by atoms with E-state index in [-0.39, 0.29) is 11.1 Å². The highest BCUT2D eigenvalue weighted by Crippen LogP contribution is 2.31. The molecule has 1 saturated carbocycles. The highest BCUT2D eigenvalue weighted by molar-refractivity contribution is 7.09. The van der Waals surface area contributed by atoms with Gasteiger partial charge in [0, 0.05) is 10.9 Å². The fraction of sp³-hybridized carbons (Fsp3) is 0.286. The first-order valence-electron chi connectivity index (χ1n) is 6.39. The smallest absolute Gasteiger partial charge is 0.256 e. The summed E-state index contributed by atoms with van der Waals surface area (Å²) in [7, 11) is 0. The van der Waals surface area contributed by atoms with Gasteiger partial charge in [0.2, 0.25) is 0 Å². The molecule has 1 amide bonds. The molecule has 0 spiro atoms. The number of nitrogen functional groups attached to an aromatic ring is 1. The molecule has 1 aliphatic rings. The number of carbonyl (C=O) groups is 1. The number of halogens is 1. The fourth-order valence-corrected chi connectivity index (χ4v) is 2.96. The molecule has 0 saturated heterocycles. The monoisotopic (exact) mass is 307 g/mol. The number of nitrogens with two attached hydrogens (primary N) is 1. The van der Waals surface area contributed by atoms with E-state index in [9.17, 15) is 4.79 Å². The third-order valence-electron chi connectivity index (χ3n) is 3.29. The minimum atomic E-state index is -0.0669. The molecule has 0 unspecified atom stereocenters. The maximum Gasteiger partial charge on any atom is 0.256 e. The second-order valence-electron chi connectivity index (χ2n) is 4.84. The first kappa shape index (κ1) is 13.4. The third-order valence-corrected chi connectivity index (χ3v) is 4.35. The number of hydrogen-bond acceptors (Lipinski definition) is 4. The molecular formula is C14H14ClN3OS. The van der Waals surface area contributed by atoms with Crippen LogP contribution >= 0.6 is 22.9 Å². The molecule has 3 rings (SSSR count). The average Bonchev–Trinajstić information content (AvgIpc) is 3.15. The Bertz CT molecular complexity index is 625. The maximum absolute atomic E-state index is 12.7. The molecule has 2 N–H and O–H groups in total. The SMILES string of the molecule is Nc1cnc(Cl)cc1C(=O)N(Cc1cccs1)C1CC1. The van der Waals surface area contributed by atoms with Crippen LogP contribution in [0.15, 0.2) is 29.8 Å². The first-order valence-corrected chi connectivity index (χ1v) is 7.65. The van der Waals surface area contributed by atoms with Crippen molar-refractivity contribution >= 4 is 34.5 Å². The van der Waals surface area contributed by atoms with E-state index in [4.69, 9.17) is 17.3 Å². The second-order valence-corrected chi connectivity index (χ2v) is 6.26. The lowest BCUT2D eigenvalue weighted by Crippen LogP contribution is -2.32. The average molecular weight is 308 g/mol. The van der Waals surface area contributed by atoms with Crippen LogP contribution in [0, 0.1) is 0 Å². The molecule has 2 aromatic rings. The fourth-order valence-electron chi connectivity index (χ4n) is 2.10. The van der Waals surface area contributed by atoms with Crippen molar-refractivity contribution in [2.75, 3.05) is 5.73 Å². The van der Waals surface area contributed by atoms with Crippen molar-refractivity contribution in [3.05, 3.63) is 45.4 Å². The van der Waals surface area contributed by atoms with Crippen LogP contribution in [0.4, 0.5) is 5.69 Å². The van der Waals surface area contributed by atoms with Crippen molar-refractivity contribution < 1.29 is 4.79 Å². The maximum atomic E-state index is 12.7. The summed E-state index contributed by atoms with van der Waals surface area (Å²) in [5.41, 5.74) is 6.67. The van der Waals surface area contributed by atoms with E-state index in [0.29, 0.717) is 23.8 Å². The number of thiophene rings is 1. The normalized spacial score (nSPS) is 14.2. The standard InChI is InChI=1S/C14H14ClN3OS/c15-13-6-11(12(16)7-17-13)14(19)18(9-3-4-9)8-10-2-1-5-20-10/h1-2,5-7,9H,3-4,8,16H2. The summed E-state index contributed by atoms with van der Waals surface area (Å²) in [6, 6.07) is 5.89. The van der Waals surface area contributed by atoms with Crippen LogP contribution in [-0.2, 0) is 6.54 Å². The van der Waals surface area contributed by atoms with E-state index in [0.717, 1.165) is 12.8 Å². The summed E-state index contributed by atoms with van der Waals surface area (Å²) in [5.74, 6) is -0.0669. The van der Waals surface area contributed by atoms with Crippen molar-refractivity contribution in [3.63, 3.8) is 0 Å². The van der Waals surface area contributed by atoms with E-state index in [2.05, 4.69) is 4.98 Å². The molecule has 20 heavy (non-hydrogen) atoms. The molecule has 0 aliphatic heterocycles. The number of hydrogen-bond donors (Lipinski definition) is 1. The third kappa shape index (κ3) is 2.78. The zero-order chi connectivity index (χ0) is 14.1. The Morgan fingerprint density at radius 3 is 3.00 bits per heavy atom. The van der Waals surface area contributed by atoms with Gasteiger partial charge in [0.25, 0.3) is 5.91 Å². The van der Waals surface area contributed by atoms with E-state index in [1.54, 1.807) is 17.4 Å². The van der Waals surface area contributed by atoms with Gasteiger partial charge in [0.1, 0.15) is 5.15 Å². The quantitative estimate of drug-likeness (QED) is 0.883. The van der Waals surface area contributed by atoms with Crippen LogP contribution in [-0.4, -0.2) is 21.8 Å². The molecule has 0 aromatic carbocycles. The number of anilines is 1. The van der Waals surface area contributed by atoms with Crippen LogP contribution in [0.5, 0.6) is 0 Å². The predicted molar refractivity (Wildman–Crippen MR) is 80.9 cm³/mol. The lowest BCUT2D eigenvalue weighted by atomic mass is 10.2. The predicted octanol–water partition coefficient (Wildman–Crippen LogP) is 3.18. The molecule has 1 aliphatic carbocycles. The Morgan fingerprint density at radius 2 is 2.35 bits per heavy atom. The molecule has 2 aromatic heterocycles. The number of aromatic nitrogens is 1. The van der Waals surface area contributed by atoms with Gasteiger partial charge >= 0.3 is 0 Å². The summed E-state index contributed by atoms with van der Waals surface area (Å²) in [4.78, 5) is 19.6. The number of pyridine rings is 1. The van der Waals surface area contributed by atoms with Gasteiger partial charge in [-0.05, 0) is 30.4 Å². The van der Waals surface area contributed by atoms with Crippen LogP contribution in [0.2, 0.25) is 5.15 Å². The summed E-state index contributed by atoms with van der Waals surface area (Å²) >= 11 is 7.52. The van der Waals surface area contributed by atoms with Gasteiger partial charge in [-0.2, -0.15) is 0 Å². The van der Waals surface area contributed by atoms with Gasteiger partial charge in [-0.3, -0.25) is 4.79 Å². The Labute approximate surface area is 126 Å². The van der Waals surface area contributed by atoms with E-state index in [1.165, 1.54) is 11.1 Å². The molecule has 1 fully saturated rings. The number of carbonyl (C=O) groups excluding carboxylic acids is 1. The Morgan fingerprint density at radius 1 is 1.55 bits per heavy atom. The van der Waals surface area contributed by atoms with Gasteiger partial charge < -0.3 is 10.6 Å². The zero-order valence-electron chi connectivity index (χ0n) is 10.8. The Hall–Kier alpha value is -1.59. The van der Waals surface area contributed by atoms with E-state index in [1.807, 2.05) is 22.4 Å². The zero-order valence-corrected chi connectivity index (χ0v) is 12.3. The van der Waals surface area contributed by atoms with Gasteiger partial charge in [0.15, 0.2) is 0 Å². The molecule has 0 bridgehead atoms. The second kappa shape index (κ2) is 5.42. The van der Waals surface area contributed by atoms with Crippen molar-refractivity contribution in [2.45, 2.75) is 25.4 Å². The summed E-state index contributed by atoms with van der Waals surface area (Å²) in [6.45, 7) is 0.626. The Balaban J connectivity index is 1.87. The molecule has 0 atom stereocenters. The number of rotatable bonds is 4. The lowest BCUT2D eigenvalue weighted by Gasteiger charge is -2.22. The number of nitrogens with zero attached hydrogens (tertiary/aromatic N) is 2. The molecule has 2 heterocycles. The Kier molecular flexibility index (Phi) is 3.63. The van der Waals surface area contributed by atoms with E-state index >= 15 is 0 Å².